The lowest BCUT2D eigenvalue weighted by molar-refractivity contribution is -0.153. The first kappa shape index (κ1) is 27.6. The van der Waals surface area contributed by atoms with Crippen LogP contribution in [0.5, 0.6) is 0 Å². The van der Waals surface area contributed by atoms with E-state index in [1.807, 2.05) is 0 Å². The first-order chi connectivity index (χ1) is 17.0. The van der Waals surface area contributed by atoms with Crippen LogP contribution in [-0.4, -0.2) is 23.8 Å². The smallest absolute Gasteiger partial charge is 0.331 e. The zero-order valence-electron chi connectivity index (χ0n) is 24.0. The third kappa shape index (κ3) is 5.27. The van der Waals surface area contributed by atoms with Crippen LogP contribution >= 0.6 is 0 Å². The predicted molar refractivity (Wildman–Crippen MR) is 143 cm³/mol. The van der Waals surface area contributed by atoms with Gasteiger partial charge in [0.05, 0.1) is 5.71 Å². The molecule has 0 aromatic heterocycles. The normalized spacial score (nSPS) is 41.8. The molecule has 4 aliphatic carbocycles. The number of hydrogen-bond acceptors (Lipinski definition) is 5. The molecular formula is C31H51NO4. The zero-order chi connectivity index (χ0) is 26.3. The van der Waals surface area contributed by atoms with E-state index in [1.165, 1.54) is 58.8 Å². The van der Waals surface area contributed by atoms with Gasteiger partial charge in [0, 0.05) is 19.8 Å². The van der Waals surface area contributed by atoms with Crippen molar-refractivity contribution in [3.63, 3.8) is 0 Å². The van der Waals surface area contributed by atoms with Crippen molar-refractivity contribution < 1.29 is 19.2 Å². The number of rotatable bonds is 7. The molecule has 4 saturated carbocycles. The average Bonchev–Trinajstić information content (AvgIpc) is 3.14. The SMILES string of the molecule is CC(=O)O/N=C1/C[C@@H]2[C@@H]3CC[C@H]([C@H](C)CCCC(C)C)[C@]3(C)CC[C@@H]2[C@]2(C)CC[C@@H](OC(C)=O)C[C@H]12. The minimum atomic E-state index is -0.358. The van der Waals surface area contributed by atoms with Crippen LogP contribution in [0.15, 0.2) is 5.16 Å². The van der Waals surface area contributed by atoms with E-state index >= 15 is 0 Å². The first-order valence-electron chi connectivity index (χ1n) is 14.9. The lowest BCUT2D eigenvalue weighted by Gasteiger charge is -2.61. The fourth-order valence-electron chi connectivity index (χ4n) is 9.62. The van der Waals surface area contributed by atoms with Crippen LogP contribution in [0.25, 0.3) is 0 Å². The highest BCUT2D eigenvalue weighted by Crippen LogP contribution is 2.68. The van der Waals surface area contributed by atoms with Crippen LogP contribution in [0.2, 0.25) is 0 Å². The summed E-state index contributed by atoms with van der Waals surface area (Å²) in [6.07, 6.45) is 13.0. The molecule has 4 fully saturated rings. The number of carbonyl (C=O) groups is 2. The fourth-order valence-corrected chi connectivity index (χ4v) is 9.62. The van der Waals surface area contributed by atoms with Crippen molar-refractivity contribution in [3.8, 4) is 0 Å². The Kier molecular flexibility index (Phi) is 8.27. The maximum absolute atomic E-state index is 11.7. The molecular weight excluding hydrogens is 450 g/mol. The summed E-state index contributed by atoms with van der Waals surface area (Å²) >= 11 is 0. The van der Waals surface area contributed by atoms with Gasteiger partial charge >= 0.3 is 11.9 Å². The molecule has 0 aromatic rings. The van der Waals surface area contributed by atoms with Gasteiger partial charge in [0.2, 0.25) is 0 Å². The van der Waals surface area contributed by atoms with Crippen molar-refractivity contribution in [3.05, 3.63) is 0 Å². The standard InChI is InChI=1S/C31H51NO4/c1-19(2)9-8-10-20(3)25-11-12-26-24-18-29(32-36-22(5)34)28-17-23(35-21(4)33)13-15-31(28,7)27(24)14-16-30(25,26)6/h19-20,23-28H,8-18H2,1-7H3/b32-29-/t20-,23-,24-,25-,26+,27+,28-,30+,31+/m1/s1. The third-order valence-electron chi connectivity index (χ3n) is 11.3. The Labute approximate surface area is 219 Å². The van der Waals surface area contributed by atoms with Crippen LogP contribution in [0.4, 0.5) is 0 Å². The van der Waals surface area contributed by atoms with Crippen molar-refractivity contribution in [2.24, 2.45) is 57.4 Å². The van der Waals surface area contributed by atoms with Crippen LogP contribution < -0.4 is 0 Å². The predicted octanol–water partition coefficient (Wildman–Crippen LogP) is 7.57. The average molecular weight is 502 g/mol. The van der Waals surface area contributed by atoms with E-state index in [0.717, 1.165) is 55.1 Å². The van der Waals surface area contributed by atoms with Gasteiger partial charge in [-0.15, -0.1) is 0 Å². The van der Waals surface area contributed by atoms with E-state index < -0.39 is 0 Å². The van der Waals surface area contributed by atoms with Gasteiger partial charge in [-0.1, -0.05) is 59.0 Å². The van der Waals surface area contributed by atoms with Gasteiger partial charge in [-0.25, -0.2) is 4.79 Å². The second-order valence-corrected chi connectivity index (χ2v) is 13.8. The van der Waals surface area contributed by atoms with E-state index in [2.05, 4.69) is 39.8 Å². The summed E-state index contributed by atoms with van der Waals surface area (Å²) in [7, 11) is 0. The van der Waals surface area contributed by atoms with Crippen molar-refractivity contribution >= 4 is 17.7 Å². The van der Waals surface area contributed by atoms with Gasteiger partial charge < -0.3 is 9.57 Å². The van der Waals surface area contributed by atoms with E-state index in [1.54, 1.807) is 0 Å². The van der Waals surface area contributed by atoms with Crippen molar-refractivity contribution in [2.75, 3.05) is 0 Å². The maximum atomic E-state index is 11.7. The third-order valence-corrected chi connectivity index (χ3v) is 11.3. The second kappa shape index (κ2) is 10.8. The molecule has 0 saturated heterocycles. The highest BCUT2D eigenvalue weighted by atomic mass is 16.7. The van der Waals surface area contributed by atoms with E-state index in [9.17, 15) is 9.59 Å². The largest absolute Gasteiger partial charge is 0.463 e. The molecule has 0 bridgehead atoms. The van der Waals surface area contributed by atoms with Crippen molar-refractivity contribution in [1.29, 1.82) is 0 Å². The molecule has 0 aromatic carbocycles. The lowest BCUT2D eigenvalue weighted by Crippen LogP contribution is -2.57. The number of hydrogen-bond donors (Lipinski definition) is 0. The minimum absolute atomic E-state index is 0.0592. The molecule has 0 aliphatic heterocycles. The number of carbonyl (C=O) groups excluding carboxylic acids is 2. The van der Waals surface area contributed by atoms with E-state index in [0.29, 0.717) is 17.3 Å². The Morgan fingerprint density at radius 3 is 2.31 bits per heavy atom. The molecule has 4 rings (SSSR count). The van der Waals surface area contributed by atoms with Gasteiger partial charge in [0.1, 0.15) is 6.10 Å². The van der Waals surface area contributed by atoms with E-state index in [4.69, 9.17) is 9.57 Å². The number of oxime groups is 1. The Bertz CT molecular complexity index is 852. The summed E-state index contributed by atoms with van der Waals surface area (Å²) in [4.78, 5) is 28.7. The Morgan fingerprint density at radius 1 is 0.944 bits per heavy atom. The second-order valence-electron chi connectivity index (χ2n) is 13.8. The van der Waals surface area contributed by atoms with Crippen LogP contribution in [0.1, 0.15) is 119 Å². The summed E-state index contributed by atoms with van der Waals surface area (Å²) < 4.78 is 5.67. The maximum Gasteiger partial charge on any atom is 0.331 e. The summed E-state index contributed by atoms with van der Waals surface area (Å²) in [6.45, 7) is 15.2. The van der Waals surface area contributed by atoms with Gasteiger partial charge in [0.25, 0.3) is 0 Å². The molecule has 5 heteroatoms. The van der Waals surface area contributed by atoms with Crippen molar-refractivity contribution in [1.82, 2.24) is 0 Å². The Morgan fingerprint density at radius 2 is 1.64 bits per heavy atom. The molecule has 0 amide bonds. The molecule has 0 unspecified atom stereocenters. The van der Waals surface area contributed by atoms with Gasteiger partial charge in [-0.3, -0.25) is 4.79 Å². The summed E-state index contributed by atoms with van der Waals surface area (Å²) in [5.41, 5.74) is 1.58. The zero-order valence-corrected chi connectivity index (χ0v) is 24.0. The lowest BCUT2D eigenvalue weighted by atomic mass is 9.44. The molecule has 204 valence electrons. The fraction of sp³-hybridized carbons (Fsp3) is 0.903. The molecule has 36 heavy (non-hydrogen) atoms. The molecule has 5 nitrogen and oxygen atoms in total. The molecule has 0 radical (unpaired) electrons. The summed E-state index contributed by atoms with van der Waals surface area (Å²) in [6, 6.07) is 0. The summed E-state index contributed by atoms with van der Waals surface area (Å²) in [5.74, 6) is 4.05. The highest BCUT2D eigenvalue weighted by Gasteiger charge is 2.62. The van der Waals surface area contributed by atoms with Crippen molar-refractivity contribution in [2.45, 2.75) is 125 Å². The van der Waals surface area contributed by atoms with Crippen LogP contribution in [-0.2, 0) is 19.2 Å². The molecule has 0 spiro atoms. The summed E-state index contributed by atoms with van der Waals surface area (Å²) in [5, 5.41) is 4.49. The molecule has 0 heterocycles. The van der Waals surface area contributed by atoms with Crippen LogP contribution in [0.3, 0.4) is 0 Å². The van der Waals surface area contributed by atoms with Gasteiger partial charge in [-0.05, 0) is 97.7 Å². The number of fused-ring (bicyclic) bond motifs is 5. The monoisotopic (exact) mass is 501 g/mol. The van der Waals surface area contributed by atoms with Crippen LogP contribution in [0, 0.1) is 52.3 Å². The molecule has 0 N–H and O–H groups in total. The number of esters is 1. The van der Waals surface area contributed by atoms with E-state index in [-0.39, 0.29) is 29.4 Å². The Hall–Kier alpha value is -1.39. The molecule has 4 aliphatic rings. The molecule has 9 atom stereocenters. The minimum Gasteiger partial charge on any atom is -0.463 e. The first-order valence-corrected chi connectivity index (χ1v) is 14.9. The Balaban J connectivity index is 1.57. The number of ether oxygens (including phenoxy) is 1. The highest BCUT2D eigenvalue weighted by molar-refractivity contribution is 5.89. The van der Waals surface area contributed by atoms with Gasteiger partial charge in [0.15, 0.2) is 0 Å². The number of nitrogens with zero attached hydrogens (tertiary/aromatic N) is 1. The van der Waals surface area contributed by atoms with Gasteiger partial charge in [-0.2, -0.15) is 0 Å². The topological polar surface area (TPSA) is 65.0 Å². The quantitative estimate of drug-likeness (QED) is 0.205.